The van der Waals surface area contributed by atoms with Gasteiger partial charge in [0, 0.05) is 6.42 Å². The van der Waals surface area contributed by atoms with Gasteiger partial charge in [-0.1, -0.05) is 18.2 Å². The Kier molecular flexibility index (Phi) is 6.35. The maximum Gasteiger partial charge on any atom is 0.155 e. The molecule has 1 nitrogen and oxygen atoms in total. The fraction of sp³-hybridized carbons (Fsp3) is 0.545. The molecule has 0 N–H and O–H groups in total. The van der Waals surface area contributed by atoms with Crippen LogP contribution in [-0.4, -0.2) is 5.78 Å². The van der Waals surface area contributed by atoms with Crippen LogP contribution >= 0.6 is 0 Å². The van der Waals surface area contributed by atoms with Gasteiger partial charge in [-0.25, -0.2) is 0 Å². The van der Waals surface area contributed by atoms with E-state index in [-0.39, 0.29) is 5.78 Å². The van der Waals surface area contributed by atoms with Crippen LogP contribution < -0.4 is 0 Å². The Balaban J connectivity index is 3.28. The quantitative estimate of drug-likeness (QED) is 0.336. The van der Waals surface area contributed by atoms with Gasteiger partial charge in [-0.15, -0.1) is 0 Å². The summed E-state index contributed by atoms with van der Waals surface area (Å²) in [5, 5.41) is 0. The Morgan fingerprint density at radius 3 is 2.50 bits per heavy atom. The molecule has 0 fully saturated rings. The Labute approximate surface area is 75.2 Å². The molecule has 1 heteroatoms. The lowest BCUT2D eigenvalue weighted by molar-refractivity contribution is -0.114. The second-order valence-corrected chi connectivity index (χ2v) is 3.20. The Bertz CT molecular complexity index is 173. The summed E-state index contributed by atoms with van der Waals surface area (Å²) in [6.07, 6.45) is 7.44. The normalized spacial score (nSPS) is 9.17. The first-order valence-electron chi connectivity index (χ1n) is 4.45. The van der Waals surface area contributed by atoms with Crippen molar-refractivity contribution < 1.29 is 4.79 Å². The van der Waals surface area contributed by atoms with Crippen LogP contribution in [0, 0.1) is 0 Å². The number of ketones is 1. The molecule has 0 aromatic heterocycles. The highest BCUT2D eigenvalue weighted by molar-refractivity contribution is 5.88. The molecule has 0 unspecified atom stereocenters. The van der Waals surface area contributed by atoms with Crippen molar-refractivity contribution in [2.24, 2.45) is 0 Å². The number of allylic oxidation sites excluding steroid dienone is 3. The van der Waals surface area contributed by atoms with Gasteiger partial charge >= 0.3 is 0 Å². The van der Waals surface area contributed by atoms with Gasteiger partial charge in [-0.3, -0.25) is 4.79 Å². The molecule has 0 bridgehead atoms. The summed E-state index contributed by atoms with van der Waals surface area (Å²) in [5.74, 6) is 0.159. The second kappa shape index (κ2) is 6.84. The first kappa shape index (κ1) is 11.2. The minimum Gasteiger partial charge on any atom is -0.295 e. The fourth-order valence-electron chi connectivity index (χ4n) is 0.936. The topological polar surface area (TPSA) is 17.1 Å². The van der Waals surface area contributed by atoms with Gasteiger partial charge in [-0.05, 0) is 39.2 Å². The van der Waals surface area contributed by atoms with Crippen molar-refractivity contribution in [2.45, 2.75) is 39.5 Å². The van der Waals surface area contributed by atoms with Gasteiger partial charge < -0.3 is 0 Å². The van der Waals surface area contributed by atoms with Crippen molar-refractivity contribution >= 4 is 5.78 Å². The van der Waals surface area contributed by atoms with Crippen molar-refractivity contribution in [1.82, 2.24) is 0 Å². The molecule has 68 valence electrons. The van der Waals surface area contributed by atoms with Crippen LogP contribution in [0.2, 0.25) is 0 Å². The molecule has 0 amide bonds. The van der Waals surface area contributed by atoms with Crippen LogP contribution in [-0.2, 0) is 4.79 Å². The number of hydrogen-bond acceptors (Lipinski definition) is 1. The summed E-state index contributed by atoms with van der Waals surface area (Å²) in [7, 11) is 0. The molecule has 0 saturated carbocycles. The number of carbonyl (C=O) groups excluding carboxylic acids is 1. The molecule has 0 radical (unpaired) electrons. The lowest BCUT2D eigenvalue weighted by Gasteiger charge is -1.95. The third-order valence-electron chi connectivity index (χ3n) is 1.66. The van der Waals surface area contributed by atoms with Crippen molar-refractivity contribution in [2.75, 3.05) is 0 Å². The molecule has 12 heavy (non-hydrogen) atoms. The molecule has 0 spiro atoms. The van der Waals surface area contributed by atoms with Crippen molar-refractivity contribution in [3.05, 3.63) is 24.3 Å². The average Bonchev–Trinajstić information content (AvgIpc) is 2.03. The SMILES string of the molecule is C=CC(=O)CCCCC=C(C)C. The maximum atomic E-state index is 10.8. The third kappa shape index (κ3) is 7.26. The van der Waals surface area contributed by atoms with E-state index in [1.54, 1.807) is 0 Å². The minimum absolute atomic E-state index is 0.159. The van der Waals surface area contributed by atoms with E-state index >= 15 is 0 Å². The molecule has 0 aliphatic rings. The first-order chi connectivity index (χ1) is 5.66. The van der Waals surface area contributed by atoms with E-state index in [4.69, 9.17) is 0 Å². The van der Waals surface area contributed by atoms with Crippen LogP contribution in [0.1, 0.15) is 39.5 Å². The highest BCUT2D eigenvalue weighted by Crippen LogP contribution is 2.03. The van der Waals surface area contributed by atoms with Gasteiger partial charge in [0.05, 0.1) is 0 Å². The van der Waals surface area contributed by atoms with E-state index in [1.165, 1.54) is 11.6 Å². The van der Waals surface area contributed by atoms with Crippen LogP contribution in [0.15, 0.2) is 24.3 Å². The Morgan fingerprint density at radius 1 is 1.33 bits per heavy atom. The summed E-state index contributed by atoms with van der Waals surface area (Å²) < 4.78 is 0. The Morgan fingerprint density at radius 2 is 2.00 bits per heavy atom. The zero-order valence-electron chi connectivity index (χ0n) is 8.10. The molecule has 0 aromatic rings. The highest BCUT2D eigenvalue weighted by Gasteiger charge is 1.93. The molecule has 0 atom stereocenters. The number of unbranched alkanes of at least 4 members (excludes halogenated alkanes) is 2. The molecule has 0 aliphatic carbocycles. The number of carbonyl (C=O) groups is 1. The molecular weight excluding hydrogens is 148 g/mol. The van der Waals surface area contributed by atoms with Gasteiger partial charge in [0.1, 0.15) is 0 Å². The van der Waals surface area contributed by atoms with Crippen molar-refractivity contribution in [3.63, 3.8) is 0 Å². The van der Waals surface area contributed by atoms with Gasteiger partial charge in [0.15, 0.2) is 5.78 Å². The fourth-order valence-corrected chi connectivity index (χ4v) is 0.936. The zero-order valence-corrected chi connectivity index (χ0v) is 8.10. The van der Waals surface area contributed by atoms with E-state index in [9.17, 15) is 4.79 Å². The van der Waals surface area contributed by atoms with Crippen LogP contribution in [0.5, 0.6) is 0 Å². The summed E-state index contributed by atoms with van der Waals surface area (Å²) in [6.45, 7) is 7.61. The van der Waals surface area contributed by atoms with Crippen LogP contribution in [0.4, 0.5) is 0 Å². The van der Waals surface area contributed by atoms with E-state index in [1.807, 2.05) is 0 Å². The largest absolute Gasteiger partial charge is 0.295 e. The van der Waals surface area contributed by atoms with Gasteiger partial charge in [0.2, 0.25) is 0 Å². The Hall–Kier alpha value is -0.850. The van der Waals surface area contributed by atoms with E-state index in [2.05, 4.69) is 26.5 Å². The minimum atomic E-state index is 0.159. The lowest BCUT2D eigenvalue weighted by Crippen LogP contribution is -1.90. The average molecular weight is 166 g/mol. The highest BCUT2D eigenvalue weighted by atomic mass is 16.1. The van der Waals surface area contributed by atoms with E-state index in [0.717, 1.165) is 19.3 Å². The predicted molar refractivity (Wildman–Crippen MR) is 53.1 cm³/mol. The third-order valence-corrected chi connectivity index (χ3v) is 1.66. The van der Waals surface area contributed by atoms with Crippen LogP contribution in [0.25, 0.3) is 0 Å². The summed E-state index contributed by atoms with van der Waals surface area (Å²) in [6, 6.07) is 0. The smallest absolute Gasteiger partial charge is 0.155 e. The molecule has 0 rings (SSSR count). The maximum absolute atomic E-state index is 10.8. The summed E-state index contributed by atoms with van der Waals surface area (Å²) in [4.78, 5) is 10.8. The molecule has 0 saturated heterocycles. The molecular formula is C11H18O. The monoisotopic (exact) mass is 166 g/mol. The van der Waals surface area contributed by atoms with Crippen molar-refractivity contribution in [1.29, 1.82) is 0 Å². The lowest BCUT2D eigenvalue weighted by atomic mass is 10.1. The van der Waals surface area contributed by atoms with Gasteiger partial charge in [0.25, 0.3) is 0 Å². The van der Waals surface area contributed by atoms with Gasteiger partial charge in [-0.2, -0.15) is 0 Å². The molecule has 0 aliphatic heterocycles. The zero-order chi connectivity index (χ0) is 9.40. The standard InChI is InChI=1S/C11H18O/c1-4-11(12)9-7-5-6-8-10(2)3/h4,8H,1,5-7,9H2,2-3H3. The predicted octanol–water partition coefficient (Wildman–Crippen LogP) is 3.27. The molecule has 0 aromatic carbocycles. The van der Waals surface area contributed by atoms with Crippen molar-refractivity contribution in [3.8, 4) is 0 Å². The van der Waals surface area contributed by atoms with Crippen LogP contribution in [0.3, 0.4) is 0 Å². The summed E-state index contributed by atoms with van der Waals surface area (Å²) >= 11 is 0. The number of hydrogen-bond donors (Lipinski definition) is 0. The molecule has 0 heterocycles. The number of rotatable bonds is 6. The summed E-state index contributed by atoms with van der Waals surface area (Å²) in [5.41, 5.74) is 1.35. The second-order valence-electron chi connectivity index (χ2n) is 3.20. The van der Waals surface area contributed by atoms with E-state index in [0.29, 0.717) is 6.42 Å². The van der Waals surface area contributed by atoms with E-state index < -0.39 is 0 Å². The first-order valence-corrected chi connectivity index (χ1v) is 4.45.